The van der Waals surface area contributed by atoms with Crippen LogP contribution in [-0.2, 0) is 6.54 Å². The first-order valence-electron chi connectivity index (χ1n) is 6.63. The average Bonchev–Trinajstić information content (AvgIpc) is 2.36. The van der Waals surface area contributed by atoms with Crippen LogP contribution in [0.25, 0.3) is 0 Å². The summed E-state index contributed by atoms with van der Waals surface area (Å²) in [5, 5.41) is 0.208. The Morgan fingerprint density at radius 3 is 2.50 bits per heavy atom. The van der Waals surface area contributed by atoms with Gasteiger partial charge in [-0.2, -0.15) is 0 Å². The molecule has 2 rings (SSSR count). The quantitative estimate of drug-likeness (QED) is 0.755. The minimum absolute atomic E-state index is 0.208. The lowest BCUT2D eigenvalue weighted by Crippen LogP contribution is -2.52. The number of likely N-dealkylation sites (tertiary alicyclic amines) is 1. The Morgan fingerprint density at radius 1 is 1.22 bits per heavy atom. The molecule has 1 saturated heterocycles. The molecule has 0 N–H and O–H groups in total. The number of halogens is 2. The Balaban J connectivity index is 2.11. The van der Waals surface area contributed by atoms with Gasteiger partial charge in [-0.05, 0) is 25.8 Å². The molecule has 4 unspecified atom stereocenters. The molecule has 100 valence electrons. The topological polar surface area (TPSA) is 3.24 Å². The first-order valence-corrected chi connectivity index (χ1v) is 7.60. The molecular formula is C15H21Cl2N. The maximum atomic E-state index is 6.43. The molecule has 3 heteroatoms. The second kappa shape index (κ2) is 6.27. The second-order valence-electron chi connectivity index (χ2n) is 5.32. The van der Waals surface area contributed by atoms with Crippen molar-refractivity contribution in [2.45, 2.75) is 44.3 Å². The Morgan fingerprint density at radius 2 is 1.89 bits per heavy atom. The zero-order chi connectivity index (χ0) is 13.1. The second-order valence-corrected chi connectivity index (χ2v) is 6.19. The van der Waals surface area contributed by atoms with Gasteiger partial charge in [-0.1, -0.05) is 30.3 Å². The summed E-state index contributed by atoms with van der Waals surface area (Å²) in [5.74, 6) is 1.03. The number of hydrogen-bond acceptors (Lipinski definition) is 1. The highest BCUT2D eigenvalue weighted by molar-refractivity contribution is 6.22. The molecule has 1 aromatic rings. The highest BCUT2D eigenvalue weighted by atomic mass is 35.5. The molecule has 0 bridgehead atoms. The Hall–Kier alpha value is -0.240. The molecule has 1 aromatic carbocycles. The minimum atomic E-state index is 0.208. The van der Waals surface area contributed by atoms with Crippen molar-refractivity contribution in [2.24, 2.45) is 5.92 Å². The molecule has 1 fully saturated rings. The first kappa shape index (κ1) is 14.2. The molecule has 0 aromatic heterocycles. The van der Waals surface area contributed by atoms with Gasteiger partial charge in [0.1, 0.15) is 0 Å². The van der Waals surface area contributed by atoms with Crippen LogP contribution < -0.4 is 0 Å². The molecule has 1 aliphatic rings. The number of nitrogens with zero attached hydrogens (tertiary/aromatic N) is 1. The van der Waals surface area contributed by atoms with Crippen LogP contribution in [0, 0.1) is 5.92 Å². The first-order chi connectivity index (χ1) is 8.63. The molecule has 0 saturated carbocycles. The van der Waals surface area contributed by atoms with Crippen molar-refractivity contribution < 1.29 is 0 Å². The van der Waals surface area contributed by atoms with Crippen LogP contribution >= 0.6 is 23.2 Å². The maximum Gasteiger partial charge on any atom is 0.0405 e. The van der Waals surface area contributed by atoms with Gasteiger partial charge >= 0.3 is 0 Å². The van der Waals surface area contributed by atoms with E-state index in [9.17, 15) is 0 Å². The van der Waals surface area contributed by atoms with E-state index in [1.807, 2.05) is 0 Å². The third-order valence-electron chi connectivity index (χ3n) is 4.13. The molecule has 1 aliphatic heterocycles. The third kappa shape index (κ3) is 3.01. The molecule has 0 radical (unpaired) electrons. The van der Waals surface area contributed by atoms with Crippen LogP contribution in [0.15, 0.2) is 30.3 Å². The number of rotatable bonds is 3. The van der Waals surface area contributed by atoms with Crippen molar-refractivity contribution in [1.82, 2.24) is 4.90 Å². The van der Waals surface area contributed by atoms with E-state index in [-0.39, 0.29) is 5.38 Å². The SMILES string of the molecule is CC1CC(Cl)C(CCl)C(C)N1Cc1ccccc1. The lowest BCUT2D eigenvalue weighted by molar-refractivity contribution is 0.0613. The van der Waals surface area contributed by atoms with Gasteiger partial charge in [-0.15, -0.1) is 23.2 Å². The number of piperidine rings is 1. The highest BCUT2D eigenvalue weighted by Crippen LogP contribution is 2.33. The zero-order valence-corrected chi connectivity index (χ0v) is 12.5. The van der Waals surface area contributed by atoms with Crippen molar-refractivity contribution >= 4 is 23.2 Å². The van der Waals surface area contributed by atoms with E-state index in [1.54, 1.807) is 0 Å². The largest absolute Gasteiger partial charge is 0.293 e. The summed E-state index contributed by atoms with van der Waals surface area (Å²) >= 11 is 12.5. The van der Waals surface area contributed by atoms with E-state index in [0.717, 1.165) is 13.0 Å². The molecule has 0 spiro atoms. The van der Waals surface area contributed by atoms with Crippen molar-refractivity contribution in [1.29, 1.82) is 0 Å². The van der Waals surface area contributed by atoms with E-state index in [4.69, 9.17) is 23.2 Å². The Labute approximate surface area is 120 Å². The predicted octanol–water partition coefficient (Wildman–Crippen LogP) is 4.13. The minimum Gasteiger partial charge on any atom is -0.293 e. The molecule has 1 nitrogen and oxygen atoms in total. The zero-order valence-electron chi connectivity index (χ0n) is 11.0. The Kier molecular flexibility index (Phi) is 4.94. The average molecular weight is 286 g/mol. The van der Waals surface area contributed by atoms with Gasteiger partial charge in [0.05, 0.1) is 0 Å². The van der Waals surface area contributed by atoms with Gasteiger partial charge in [0, 0.05) is 35.8 Å². The Bertz CT molecular complexity index is 368. The van der Waals surface area contributed by atoms with Crippen molar-refractivity contribution in [3.05, 3.63) is 35.9 Å². The molecular weight excluding hydrogens is 265 g/mol. The summed E-state index contributed by atoms with van der Waals surface area (Å²) < 4.78 is 0. The maximum absolute atomic E-state index is 6.43. The van der Waals surface area contributed by atoms with E-state index in [0.29, 0.717) is 23.9 Å². The molecule has 1 heterocycles. The fourth-order valence-corrected chi connectivity index (χ4v) is 4.03. The van der Waals surface area contributed by atoms with Crippen molar-refractivity contribution in [2.75, 3.05) is 5.88 Å². The van der Waals surface area contributed by atoms with E-state index < -0.39 is 0 Å². The van der Waals surface area contributed by atoms with Gasteiger partial charge in [-0.25, -0.2) is 0 Å². The fraction of sp³-hybridized carbons (Fsp3) is 0.600. The normalized spacial score (nSPS) is 33.6. The summed E-state index contributed by atoms with van der Waals surface area (Å²) in [6.07, 6.45) is 1.02. The standard InChI is InChI=1S/C15H21Cl2N/c1-11-8-15(17)14(9-16)12(2)18(11)10-13-6-4-3-5-7-13/h3-7,11-12,14-15H,8-10H2,1-2H3. The molecule has 0 amide bonds. The predicted molar refractivity (Wildman–Crippen MR) is 79.4 cm³/mol. The smallest absolute Gasteiger partial charge is 0.0405 e. The van der Waals surface area contributed by atoms with Crippen LogP contribution in [0.2, 0.25) is 0 Å². The summed E-state index contributed by atoms with van der Waals surface area (Å²) in [4.78, 5) is 2.53. The monoisotopic (exact) mass is 285 g/mol. The molecule has 0 aliphatic carbocycles. The lowest BCUT2D eigenvalue weighted by atomic mass is 9.87. The van der Waals surface area contributed by atoms with Crippen LogP contribution in [0.3, 0.4) is 0 Å². The number of alkyl halides is 2. The highest BCUT2D eigenvalue weighted by Gasteiger charge is 2.37. The number of hydrogen-bond donors (Lipinski definition) is 0. The van der Waals surface area contributed by atoms with E-state index in [1.165, 1.54) is 5.56 Å². The summed E-state index contributed by atoms with van der Waals surface area (Å²) in [6.45, 7) is 5.50. The van der Waals surface area contributed by atoms with Crippen molar-refractivity contribution in [3.63, 3.8) is 0 Å². The van der Waals surface area contributed by atoms with Gasteiger partial charge in [0.2, 0.25) is 0 Å². The number of benzene rings is 1. The summed E-state index contributed by atoms with van der Waals surface area (Å²) in [5.41, 5.74) is 1.36. The van der Waals surface area contributed by atoms with Crippen LogP contribution in [0.1, 0.15) is 25.8 Å². The van der Waals surface area contributed by atoms with Gasteiger partial charge in [0.25, 0.3) is 0 Å². The van der Waals surface area contributed by atoms with Crippen LogP contribution in [0.5, 0.6) is 0 Å². The van der Waals surface area contributed by atoms with Crippen LogP contribution in [-0.4, -0.2) is 28.2 Å². The van der Waals surface area contributed by atoms with Crippen LogP contribution in [0.4, 0.5) is 0 Å². The molecule has 18 heavy (non-hydrogen) atoms. The third-order valence-corrected chi connectivity index (χ3v) is 4.98. The summed E-state index contributed by atoms with van der Waals surface area (Å²) in [6, 6.07) is 11.6. The lowest BCUT2D eigenvalue weighted by Gasteiger charge is -2.45. The fourth-order valence-electron chi connectivity index (χ4n) is 2.91. The van der Waals surface area contributed by atoms with Gasteiger partial charge in [0.15, 0.2) is 0 Å². The van der Waals surface area contributed by atoms with Crippen molar-refractivity contribution in [3.8, 4) is 0 Å². The van der Waals surface area contributed by atoms with Gasteiger partial charge < -0.3 is 0 Å². The van der Waals surface area contributed by atoms with E-state index in [2.05, 4.69) is 49.1 Å². The van der Waals surface area contributed by atoms with E-state index >= 15 is 0 Å². The van der Waals surface area contributed by atoms with Gasteiger partial charge in [-0.3, -0.25) is 4.90 Å². The summed E-state index contributed by atoms with van der Waals surface area (Å²) in [7, 11) is 0. The molecule has 4 atom stereocenters.